The minimum atomic E-state index is -1.06. The van der Waals surface area contributed by atoms with Gasteiger partial charge in [0.2, 0.25) is 5.91 Å². The lowest BCUT2D eigenvalue weighted by Gasteiger charge is -2.25. The Balaban J connectivity index is 1.62. The summed E-state index contributed by atoms with van der Waals surface area (Å²) in [6.07, 6.45) is 0.806. The molecule has 7 nitrogen and oxygen atoms in total. The molecule has 2 aromatic carbocycles. The lowest BCUT2D eigenvalue weighted by atomic mass is 9.87. The van der Waals surface area contributed by atoms with Gasteiger partial charge in [-0.15, -0.1) is 0 Å². The number of alkyl carbamates (subject to hydrolysis) is 1. The second kappa shape index (κ2) is 10.5. The number of carbonyl (C=O) groups is 3. The van der Waals surface area contributed by atoms with Gasteiger partial charge in [0, 0.05) is 12.5 Å². The summed E-state index contributed by atoms with van der Waals surface area (Å²) in [6.45, 7) is 5.41. The second-order valence-electron chi connectivity index (χ2n) is 8.75. The SMILES string of the molecule is CCCC(NC(=O)OCC1c2ccccc2-c2ccccc21)C(=O)NCC(C)(CC)C(=O)O. The number of fused-ring (bicyclic) bond motifs is 3. The number of carboxylic acids is 1. The van der Waals surface area contributed by atoms with Crippen molar-refractivity contribution >= 4 is 18.0 Å². The summed E-state index contributed by atoms with van der Waals surface area (Å²) in [5, 5.41) is 14.7. The average molecular weight is 453 g/mol. The molecule has 0 bridgehead atoms. The molecule has 2 atom stereocenters. The first-order valence-corrected chi connectivity index (χ1v) is 11.4. The third kappa shape index (κ3) is 5.35. The largest absolute Gasteiger partial charge is 0.481 e. The van der Waals surface area contributed by atoms with Crippen molar-refractivity contribution in [2.24, 2.45) is 5.41 Å². The molecule has 0 aliphatic heterocycles. The monoisotopic (exact) mass is 452 g/mol. The van der Waals surface area contributed by atoms with Crippen LogP contribution < -0.4 is 10.6 Å². The fraction of sp³-hybridized carbons (Fsp3) is 0.423. The Morgan fingerprint density at radius 2 is 1.61 bits per heavy atom. The Labute approximate surface area is 194 Å². The Morgan fingerprint density at radius 3 is 2.12 bits per heavy atom. The first-order chi connectivity index (χ1) is 15.8. The fourth-order valence-electron chi connectivity index (χ4n) is 4.10. The molecule has 7 heteroatoms. The minimum Gasteiger partial charge on any atom is -0.481 e. The van der Waals surface area contributed by atoms with E-state index in [0.717, 1.165) is 22.3 Å². The highest BCUT2D eigenvalue weighted by Crippen LogP contribution is 2.44. The zero-order valence-corrected chi connectivity index (χ0v) is 19.4. The maximum Gasteiger partial charge on any atom is 0.407 e. The summed E-state index contributed by atoms with van der Waals surface area (Å²) in [5.41, 5.74) is 3.45. The van der Waals surface area contributed by atoms with Gasteiger partial charge in [0.15, 0.2) is 0 Å². The highest BCUT2D eigenvalue weighted by Gasteiger charge is 2.33. The molecular weight excluding hydrogens is 420 g/mol. The van der Waals surface area contributed by atoms with E-state index in [9.17, 15) is 19.5 Å². The molecule has 0 radical (unpaired) electrons. The summed E-state index contributed by atoms with van der Waals surface area (Å²) >= 11 is 0. The first-order valence-electron chi connectivity index (χ1n) is 11.4. The van der Waals surface area contributed by atoms with Crippen molar-refractivity contribution in [3.63, 3.8) is 0 Å². The molecule has 0 fully saturated rings. The molecule has 0 saturated carbocycles. The summed E-state index contributed by atoms with van der Waals surface area (Å²) in [7, 11) is 0. The van der Waals surface area contributed by atoms with Crippen molar-refractivity contribution in [3.05, 3.63) is 59.7 Å². The standard InChI is InChI=1S/C26H32N2O5/c1-4-10-22(23(29)27-16-26(3,5-2)24(30)31)28-25(32)33-15-21-19-13-8-6-11-17(19)18-12-7-9-14-20(18)21/h6-9,11-14,21-22H,4-5,10,15-16H2,1-3H3,(H,27,29)(H,28,32)(H,30,31). The number of ether oxygens (including phenoxy) is 1. The van der Waals surface area contributed by atoms with Crippen molar-refractivity contribution in [1.29, 1.82) is 0 Å². The van der Waals surface area contributed by atoms with Crippen LogP contribution in [0.5, 0.6) is 0 Å². The van der Waals surface area contributed by atoms with Crippen LogP contribution in [0.25, 0.3) is 11.1 Å². The second-order valence-corrected chi connectivity index (χ2v) is 8.75. The van der Waals surface area contributed by atoms with Gasteiger partial charge >= 0.3 is 12.1 Å². The van der Waals surface area contributed by atoms with Crippen molar-refractivity contribution in [2.75, 3.05) is 13.2 Å². The molecule has 3 rings (SSSR count). The minimum absolute atomic E-state index is 0.00967. The van der Waals surface area contributed by atoms with Crippen LogP contribution in [0.1, 0.15) is 57.1 Å². The van der Waals surface area contributed by atoms with Crippen molar-refractivity contribution in [3.8, 4) is 11.1 Å². The Bertz CT molecular complexity index is 976. The molecule has 2 amide bonds. The predicted molar refractivity (Wildman–Crippen MR) is 126 cm³/mol. The van der Waals surface area contributed by atoms with Gasteiger partial charge in [-0.2, -0.15) is 0 Å². The van der Waals surface area contributed by atoms with Crippen LogP contribution >= 0.6 is 0 Å². The number of hydrogen-bond acceptors (Lipinski definition) is 4. The normalized spacial score (nSPS) is 15.0. The maximum atomic E-state index is 12.7. The van der Waals surface area contributed by atoms with Crippen molar-refractivity contribution < 1.29 is 24.2 Å². The van der Waals surface area contributed by atoms with Gasteiger partial charge in [-0.1, -0.05) is 68.8 Å². The molecule has 176 valence electrons. The van der Waals surface area contributed by atoms with Crippen LogP contribution in [-0.2, 0) is 14.3 Å². The van der Waals surface area contributed by atoms with Crippen molar-refractivity contribution in [1.82, 2.24) is 10.6 Å². The average Bonchev–Trinajstić information content (AvgIpc) is 3.14. The van der Waals surface area contributed by atoms with E-state index in [1.165, 1.54) is 0 Å². The number of rotatable bonds is 10. The van der Waals surface area contributed by atoms with E-state index in [1.54, 1.807) is 13.8 Å². The Kier molecular flexibility index (Phi) is 7.74. The van der Waals surface area contributed by atoms with Crippen LogP contribution in [-0.4, -0.2) is 42.3 Å². The van der Waals surface area contributed by atoms with Gasteiger partial charge in [0.1, 0.15) is 12.6 Å². The van der Waals surface area contributed by atoms with Crippen LogP contribution in [0.3, 0.4) is 0 Å². The molecule has 0 aromatic heterocycles. The molecule has 1 aliphatic rings. The number of amides is 2. The third-order valence-electron chi connectivity index (χ3n) is 6.48. The number of benzene rings is 2. The molecular formula is C26H32N2O5. The van der Waals surface area contributed by atoms with Gasteiger partial charge in [-0.05, 0) is 42.0 Å². The van der Waals surface area contributed by atoms with Crippen LogP contribution in [0.2, 0.25) is 0 Å². The number of hydrogen-bond donors (Lipinski definition) is 3. The van der Waals surface area contributed by atoms with E-state index in [-0.39, 0.29) is 19.1 Å². The van der Waals surface area contributed by atoms with Crippen LogP contribution in [0.15, 0.2) is 48.5 Å². The summed E-state index contributed by atoms with van der Waals surface area (Å²) in [5.74, 6) is -1.45. The molecule has 0 saturated heterocycles. The molecule has 2 unspecified atom stereocenters. The number of carboxylic acid groups (broad SMARTS) is 1. The summed E-state index contributed by atoms with van der Waals surface area (Å²) < 4.78 is 5.55. The Hall–Kier alpha value is -3.35. The quantitative estimate of drug-likeness (QED) is 0.498. The molecule has 0 heterocycles. The fourth-order valence-corrected chi connectivity index (χ4v) is 4.10. The highest BCUT2D eigenvalue weighted by atomic mass is 16.5. The smallest absolute Gasteiger partial charge is 0.407 e. The van der Waals surface area contributed by atoms with E-state index in [2.05, 4.69) is 22.8 Å². The summed E-state index contributed by atoms with van der Waals surface area (Å²) in [6, 6.07) is 15.4. The number of carbonyl (C=O) groups excluding carboxylic acids is 2. The lowest BCUT2D eigenvalue weighted by Crippen LogP contribution is -2.50. The van der Waals surface area contributed by atoms with Gasteiger partial charge in [-0.3, -0.25) is 9.59 Å². The molecule has 0 spiro atoms. The summed E-state index contributed by atoms with van der Waals surface area (Å²) in [4.78, 5) is 36.7. The maximum absolute atomic E-state index is 12.7. The lowest BCUT2D eigenvalue weighted by molar-refractivity contribution is -0.148. The van der Waals surface area contributed by atoms with Gasteiger partial charge < -0.3 is 20.5 Å². The van der Waals surface area contributed by atoms with Gasteiger partial charge in [0.05, 0.1) is 5.41 Å². The van der Waals surface area contributed by atoms with Crippen LogP contribution in [0, 0.1) is 5.41 Å². The topological polar surface area (TPSA) is 105 Å². The van der Waals surface area contributed by atoms with Gasteiger partial charge in [-0.25, -0.2) is 4.79 Å². The predicted octanol–water partition coefficient (Wildman–Crippen LogP) is 4.31. The zero-order chi connectivity index (χ0) is 24.0. The van der Waals surface area contributed by atoms with E-state index in [1.807, 2.05) is 43.3 Å². The first kappa shape index (κ1) is 24.3. The van der Waals surface area contributed by atoms with E-state index < -0.39 is 29.4 Å². The zero-order valence-electron chi connectivity index (χ0n) is 19.4. The molecule has 2 aromatic rings. The van der Waals surface area contributed by atoms with E-state index in [0.29, 0.717) is 19.3 Å². The number of aliphatic carboxylic acids is 1. The number of nitrogens with one attached hydrogen (secondary N) is 2. The molecule has 33 heavy (non-hydrogen) atoms. The molecule has 3 N–H and O–H groups in total. The van der Waals surface area contributed by atoms with Crippen molar-refractivity contribution in [2.45, 2.75) is 52.0 Å². The third-order valence-corrected chi connectivity index (χ3v) is 6.48. The highest BCUT2D eigenvalue weighted by molar-refractivity contribution is 5.86. The van der Waals surface area contributed by atoms with Crippen LogP contribution in [0.4, 0.5) is 4.79 Å². The van der Waals surface area contributed by atoms with E-state index >= 15 is 0 Å². The van der Waals surface area contributed by atoms with E-state index in [4.69, 9.17) is 4.74 Å². The Morgan fingerprint density at radius 1 is 1.03 bits per heavy atom. The van der Waals surface area contributed by atoms with Gasteiger partial charge in [0.25, 0.3) is 0 Å². The molecule has 1 aliphatic carbocycles.